The third kappa shape index (κ3) is 5.57. The van der Waals surface area contributed by atoms with Gasteiger partial charge in [-0.25, -0.2) is 26.3 Å². The molecule has 0 fully saturated rings. The van der Waals surface area contributed by atoms with Crippen molar-refractivity contribution in [2.75, 3.05) is 18.8 Å². The standard InChI is InChI=1S/C10H15BrN2O4S2/c1-2-18(14,15)12-6-7-13-19(16,17)10-5-3-4-9(11)8-10/h3-5,8,12-13H,2,6-7H2,1H3. The fraction of sp³-hybridized carbons (Fsp3) is 0.400. The Morgan fingerprint density at radius 1 is 1.11 bits per heavy atom. The lowest BCUT2D eigenvalue weighted by Gasteiger charge is -2.08. The molecule has 0 saturated heterocycles. The first-order valence-electron chi connectivity index (χ1n) is 5.49. The molecule has 108 valence electrons. The zero-order chi connectivity index (χ0) is 14.5. The predicted molar refractivity (Wildman–Crippen MR) is 76.8 cm³/mol. The quantitative estimate of drug-likeness (QED) is 0.689. The number of hydrogen-bond acceptors (Lipinski definition) is 4. The Kier molecular flexibility index (Phi) is 5.93. The van der Waals surface area contributed by atoms with Gasteiger partial charge < -0.3 is 0 Å². The molecule has 0 aliphatic heterocycles. The summed E-state index contributed by atoms with van der Waals surface area (Å²) in [6.07, 6.45) is 0. The van der Waals surface area contributed by atoms with Crippen molar-refractivity contribution in [3.63, 3.8) is 0 Å². The molecule has 2 N–H and O–H groups in total. The topological polar surface area (TPSA) is 92.3 Å². The van der Waals surface area contributed by atoms with E-state index in [4.69, 9.17) is 0 Å². The molecule has 6 nitrogen and oxygen atoms in total. The van der Waals surface area contributed by atoms with Crippen LogP contribution < -0.4 is 9.44 Å². The summed E-state index contributed by atoms with van der Waals surface area (Å²) in [7, 11) is -6.92. The van der Waals surface area contributed by atoms with Gasteiger partial charge in [-0.3, -0.25) is 0 Å². The van der Waals surface area contributed by atoms with Gasteiger partial charge in [0, 0.05) is 17.6 Å². The Morgan fingerprint density at radius 2 is 1.74 bits per heavy atom. The summed E-state index contributed by atoms with van der Waals surface area (Å²) in [6, 6.07) is 6.26. The minimum absolute atomic E-state index is 0.00588. The molecular weight excluding hydrogens is 356 g/mol. The Hall–Kier alpha value is -0.480. The average molecular weight is 371 g/mol. The summed E-state index contributed by atoms with van der Waals surface area (Å²) in [6.45, 7) is 1.52. The van der Waals surface area contributed by atoms with Crippen molar-refractivity contribution < 1.29 is 16.8 Å². The normalized spacial score (nSPS) is 12.5. The minimum Gasteiger partial charge on any atom is -0.214 e. The van der Waals surface area contributed by atoms with Gasteiger partial charge in [0.15, 0.2) is 0 Å². The van der Waals surface area contributed by atoms with Crippen LogP contribution in [0.25, 0.3) is 0 Å². The van der Waals surface area contributed by atoms with E-state index in [1.54, 1.807) is 12.1 Å². The number of sulfonamides is 2. The lowest BCUT2D eigenvalue weighted by Crippen LogP contribution is -2.35. The number of benzene rings is 1. The number of rotatable bonds is 7. The molecule has 0 heterocycles. The van der Waals surface area contributed by atoms with Gasteiger partial charge in [-0.2, -0.15) is 0 Å². The van der Waals surface area contributed by atoms with Crippen molar-refractivity contribution in [3.8, 4) is 0 Å². The third-order valence-corrected chi connectivity index (χ3v) is 5.58. The molecule has 0 atom stereocenters. The summed E-state index contributed by atoms with van der Waals surface area (Å²) in [5.74, 6) is -0.0363. The fourth-order valence-corrected chi connectivity index (χ4v) is 3.46. The van der Waals surface area contributed by atoms with Crippen LogP contribution in [-0.4, -0.2) is 35.7 Å². The van der Waals surface area contributed by atoms with Crippen molar-refractivity contribution in [2.24, 2.45) is 0 Å². The highest BCUT2D eigenvalue weighted by Crippen LogP contribution is 2.15. The van der Waals surface area contributed by atoms with Gasteiger partial charge >= 0.3 is 0 Å². The van der Waals surface area contributed by atoms with Crippen molar-refractivity contribution >= 4 is 36.0 Å². The molecule has 0 aliphatic rings. The Bertz CT molecular complexity index is 629. The SMILES string of the molecule is CCS(=O)(=O)NCCNS(=O)(=O)c1cccc(Br)c1. The van der Waals surface area contributed by atoms with Gasteiger partial charge in [-0.1, -0.05) is 22.0 Å². The maximum absolute atomic E-state index is 11.9. The van der Waals surface area contributed by atoms with Gasteiger partial charge in [0.05, 0.1) is 10.6 Å². The Morgan fingerprint density at radius 3 is 2.32 bits per heavy atom. The van der Waals surface area contributed by atoms with Crippen molar-refractivity contribution in [1.82, 2.24) is 9.44 Å². The summed E-state index contributed by atoms with van der Waals surface area (Å²) in [5, 5.41) is 0. The van der Waals surface area contributed by atoms with Crippen molar-refractivity contribution in [3.05, 3.63) is 28.7 Å². The first-order chi connectivity index (χ1) is 8.77. The van der Waals surface area contributed by atoms with E-state index in [0.717, 1.165) is 0 Å². The Balaban J connectivity index is 2.58. The molecule has 19 heavy (non-hydrogen) atoms. The smallest absolute Gasteiger partial charge is 0.214 e. The molecule has 1 aromatic carbocycles. The largest absolute Gasteiger partial charge is 0.240 e. The van der Waals surface area contributed by atoms with E-state index in [-0.39, 0.29) is 23.7 Å². The molecule has 9 heteroatoms. The molecule has 0 saturated carbocycles. The van der Waals surface area contributed by atoms with E-state index in [2.05, 4.69) is 25.4 Å². The lowest BCUT2D eigenvalue weighted by atomic mass is 10.4. The number of halogens is 1. The van der Waals surface area contributed by atoms with E-state index in [1.807, 2.05) is 0 Å². The van der Waals surface area contributed by atoms with Crippen molar-refractivity contribution in [2.45, 2.75) is 11.8 Å². The minimum atomic E-state index is -3.62. The van der Waals surface area contributed by atoms with Gasteiger partial charge in [0.1, 0.15) is 0 Å². The van der Waals surface area contributed by atoms with E-state index >= 15 is 0 Å². The summed E-state index contributed by atoms with van der Waals surface area (Å²) in [5.41, 5.74) is 0. The van der Waals surface area contributed by atoms with Gasteiger partial charge in [0.2, 0.25) is 20.0 Å². The molecule has 1 rings (SSSR count). The zero-order valence-electron chi connectivity index (χ0n) is 10.3. The second kappa shape index (κ2) is 6.80. The predicted octanol–water partition coefficient (Wildman–Crippen LogP) is 0.667. The molecule has 0 aliphatic carbocycles. The van der Waals surface area contributed by atoms with Gasteiger partial charge in [-0.15, -0.1) is 0 Å². The zero-order valence-corrected chi connectivity index (χ0v) is 13.5. The van der Waals surface area contributed by atoms with Gasteiger partial charge in [-0.05, 0) is 25.1 Å². The van der Waals surface area contributed by atoms with Crippen molar-refractivity contribution in [1.29, 1.82) is 0 Å². The van der Waals surface area contributed by atoms with Crippen LogP contribution in [0.3, 0.4) is 0 Å². The summed E-state index contributed by atoms with van der Waals surface area (Å²) in [4.78, 5) is 0.125. The number of nitrogens with one attached hydrogen (secondary N) is 2. The highest BCUT2D eigenvalue weighted by atomic mass is 79.9. The first-order valence-corrected chi connectivity index (χ1v) is 9.42. The molecule has 1 aromatic rings. The highest BCUT2D eigenvalue weighted by molar-refractivity contribution is 9.10. The maximum atomic E-state index is 11.9. The van der Waals surface area contributed by atoms with Crippen LogP contribution >= 0.6 is 15.9 Å². The Labute approximate surface area is 121 Å². The van der Waals surface area contributed by atoms with Crippen LogP contribution in [-0.2, 0) is 20.0 Å². The molecule has 0 bridgehead atoms. The second-order valence-electron chi connectivity index (χ2n) is 3.65. The van der Waals surface area contributed by atoms with Crippen LogP contribution in [0.2, 0.25) is 0 Å². The number of hydrogen-bond donors (Lipinski definition) is 2. The molecule has 0 radical (unpaired) electrons. The maximum Gasteiger partial charge on any atom is 0.240 e. The van der Waals surface area contributed by atoms with E-state index < -0.39 is 20.0 Å². The first kappa shape index (κ1) is 16.6. The highest BCUT2D eigenvalue weighted by Gasteiger charge is 2.14. The van der Waals surface area contributed by atoms with Gasteiger partial charge in [0.25, 0.3) is 0 Å². The molecular formula is C10H15BrN2O4S2. The van der Waals surface area contributed by atoms with E-state index in [1.165, 1.54) is 19.1 Å². The fourth-order valence-electron chi connectivity index (χ4n) is 1.21. The second-order valence-corrected chi connectivity index (χ2v) is 8.43. The van der Waals surface area contributed by atoms with Crippen LogP contribution in [0.1, 0.15) is 6.92 Å². The van der Waals surface area contributed by atoms with Crippen LogP contribution in [0, 0.1) is 0 Å². The monoisotopic (exact) mass is 370 g/mol. The summed E-state index contributed by atoms with van der Waals surface area (Å²) >= 11 is 3.19. The third-order valence-electron chi connectivity index (χ3n) is 2.23. The van der Waals surface area contributed by atoms with E-state index in [0.29, 0.717) is 4.47 Å². The molecule has 0 spiro atoms. The average Bonchev–Trinajstić information content (AvgIpc) is 2.35. The molecule has 0 unspecified atom stereocenters. The summed E-state index contributed by atoms with van der Waals surface area (Å²) < 4.78 is 51.3. The van der Waals surface area contributed by atoms with Crippen LogP contribution in [0.5, 0.6) is 0 Å². The van der Waals surface area contributed by atoms with Crippen LogP contribution in [0.4, 0.5) is 0 Å². The van der Waals surface area contributed by atoms with Crippen LogP contribution in [0.15, 0.2) is 33.6 Å². The lowest BCUT2D eigenvalue weighted by molar-refractivity contribution is 0.571. The molecule has 0 aromatic heterocycles. The van der Waals surface area contributed by atoms with E-state index in [9.17, 15) is 16.8 Å². The molecule has 0 amide bonds.